The van der Waals surface area contributed by atoms with Gasteiger partial charge in [0.25, 0.3) is 5.91 Å². The number of hydrogen-bond donors (Lipinski definition) is 3. The predicted molar refractivity (Wildman–Crippen MR) is 154 cm³/mol. The van der Waals surface area contributed by atoms with Crippen LogP contribution in [0.4, 0.5) is 0 Å². The lowest BCUT2D eigenvalue weighted by Crippen LogP contribution is -2.76. The molecule has 10 nitrogen and oxygen atoms in total. The van der Waals surface area contributed by atoms with Gasteiger partial charge < -0.3 is 34.5 Å². The number of primary amides is 1. The normalized spacial score (nSPS) is 31.2. The molecule has 1 aromatic rings. The van der Waals surface area contributed by atoms with Crippen LogP contribution in [0.1, 0.15) is 19.4 Å². The molecule has 214 valence electrons. The number of ether oxygens (including phenoxy) is 1. The second-order valence-electron chi connectivity index (χ2n) is 11.8. The number of benzene rings is 1. The van der Waals surface area contributed by atoms with Gasteiger partial charge >= 0.3 is 5.97 Å². The number of halogens is 1. The molecule has 0 spiro atoms. The Morgan fingerprint density at radius 2 is 1.85 bits per heavy atom. The third-order valence-corrected chi connectivity index (χ3v) is 10.2. The fourth-order valence-electron chi connectivity index (χ4n) is 7.00. The van der Waals surface area contributed by atoms with Gasteiger partial charge in [-0.1, -0.05) is 24.8 Å². The minimum Gasteiger partial charge on any atom is -0.480 e. The molecule has 1 aromatic carbocycles. The Morgan fingerprint density at radius 1 is 1.20 bits per heavy atom. The minimum absolute atomic E-state index is 0.0855. The van der Waals surface area contributed by atoms with Gasteiger partial charge in [-0.2, -0.15) is 0 Å². The van der Waals surface area contributed by atoms with Gasteiger partial charge in [0.15, 0.2) is 6.54 Å². The highest BCUT2D eigenvalue weighted by Crippen LogP contribution is 2.46. The molecule has 5 heterocycles. The number of hydrogen-bond acceptors (Lipinski definition) is 5. The maximum Gasteiger partial charge on any atom is 0.353 e. The lowest BCUT2D eigenvalue weighted by atomic mass is 9.78. The number of amides is 2. The first-order valence-corrected chi connectivity index (χ1v) is 14.9. The summed E-state index contributed by atoms with van der Waals surface area (Å²) in [4.78, 5) is 37.2. The number of carboxylic acid groups (broad SMARTS) is 1. The van der Waals surface area contributed by atoms with Crippen LogP contribution in [-0.2, 0) is 20.8 Å². The Labute approximate surface area is 248 Å². The molecule has 5 aliphatic heterocycles. The number of rotatable bonds is 9. The molecule has 0 radical (unpaired) electrons. The lowest BCUT2D eigenvalue weighted by molar-refractivity contribution is -1.08. The van der Waals surface area contributed by atoms with Crippen molar-refractivity contribution in [1.82, 2.24) is 4.90 Å². The molecule has 0 unspecified atom stereocenters. The van der Waals surface area contributed by atoms with E-state index in [9.17, 15) is 24.6 Å². The molecule has 0 aromatic heterocycles. The van der Waals surface area contributed by atoms with Gasteiger partial charge in [0, 0.05) is 17.9 Å². The summed E-state index contributed by atoms with van der Waals surface area (Å²) >= 11 is 2.26. The van der Waals surface area contributed by atoms with Crippen LogP contribution >= 0.6 is 22.6 Å². The Morgan fingerprint density at radius 3 is 2.42 bits per heavy atom. The summed E-state index contributed by atoms with van der Waals surface area (Å²) in [5.74, 6) is 3.95. The highest BCUT2D eigenvalue weighted by atomic mass is 127. The van der Waals surface area contributed by atoms with Crippen molar-refractivity contribution in [1.29, 1.82) is 0 Å². The number of nitrogens with zero attached hydrogens (tertiary/aromatic N) is 3. The van der Waals surface area contributed by atoms with Gasteiger partial charge in [-0.05, 0) is 47.2 Å². The minimum atomic E-state index is -1.19. The molecule has 11 heteroatoms. The first kappa shape index (κ1) is 28.9. The van der Waals surface area contributed by atoms with Crippen LogP contribution in [0.2, 0.25) is 0 Å². The number of carbonyl (C=O) groups excluding carboxylic acids is 2. The molecule has 4 fully saturated rings. The fraction of sp³-hybridized carbons (Fsp3) is 0.552. The Bertz CT molecular complexity index is 1310. The molecule has 0 saturated carbocycles. The molecular weight excluding hydrogens is 627 g/mol. The van der Waals surface area contributed by atoms with Gasteiger partial charge in [0.1, 0.15) is 57.3 Å². The standard InChI is InChI=1S/C29H35IN4O6/c1-18-21(27(29(38)39)32-26(18)25(19(2)35)28(32)37)4-3-15-40-23-6-5-20(16-22(23)30)7-8-33-9-12-34(13-10-33,14-11-33)17-24(31)36/h5-6,16,18-19,25-26,35H,7-15,17H2,1-2H3,(H-2,31,36,38,39)/p+2/t18-,19+,25+,26+,33?,34?/m0/s1. The zero-order valence-electron chi connectivity index (χ0n) is 22.9. The maximum absolute atomic E-state index is 12.5. The number of β-lactam (4-membered cyclic amide) rings is 1. The first-order chi connectivity index (χ1) is 19.0. The molecule has 40 heavy (non-hydrogen) atoms. The van der Waals surface area contributed by atoms with E-state index in [1.54, 1.807) is 6.92 Å². The summed E-state index contributed by atoms with van der Waals surface area (Å²) in [6, 6.07) is 5.80. The number of aliphatic hydroxyl groups is 1. The van der Waals surface area contributed by atoms with E-state index in [-0.39, 0.29) is 36.1 Å². The van der Waals surface area contributed by atoms with Crippen LogP contribution in [0, 0.1) is 27.2 Å². The summed E-state index contributed by atoms with van der Waals surface area (Å²) in [7, 11) is 0. The molecule has 6 rings (SSSR count). The number of aliphatic carboxylic acids is 1. The van der Waals surface area contributed by atoms with E-state index in [4.69, 9.17) is 10.5 Å². The summed E-state index contributed by atoms with van der Waals surface area (Å²) in [6.45, 7) is 11.4. The second kappa shape index (κ2) is 11.0. The largest absolute Gasteiger partial charge is 0.480 e. The van der Waals surface area contributed by atoms with E-state index in [0.717, 1.165) is 70.5 Å². The number of aliphatic hydroxyl groups excluding tert-OH is 1. The third kappa shape index (κ3) is 5.22. The zero-order valence-corrected chi connectivity index (χ0v) is 25.1. The Kier molecular flexibility index (Phi) is 7.91. The van der Waals surface area contributed by atoms with Crippen molar-refractivity contribution in [2.24, 2.45) is 17.6 Å². The van der Waals surface area contributed by atoms with Crippen LogP contribution in [0.3, 0.4) is 0 Å². The highest BCUT2D eigenvalue weighted by Gasteiger charge is 2.59. The average Bonchev–Trinajstić information content (AvgIpc) is 3.14. The van der Waals surface area contributed by atoms with E-state index < -0.39 is 18.0 Å². The smallest absolute Gasteiger partial charge is 0.353 e. The Hall–Kier alpha value is -2.66. The van der Waals surface area contributed by atoms with E-state index in [2.05, 4.69) is 46.6 Å². The summed E-state index contributed by atoms with van der Waals surface area (Å²) in [5.41, 5.74) is 7.06. The summed E-state index contributed by atoms with van der Waals surface area (Å²) in [6.07, 6.45) is 0.127. The van der Waals surface area contributed by atoms with Crippen molar-refractivity contribution in [3.63, 3.8) is 0 Å². The highest BCUT2D eigenvalue weighted by molar-refractivity contribution is 14.1. The van der Waals surface area contributed by atoms with Crippen LogP contribution in [-0.4, -0.2) is 113 Å². The fourth-order valence-corrected chi connectivity index (χ4v) is 7.74. The van der Waals surface area contributed by atoms with Crippen LogP contribution in [0.15, 0.2) is 29.5 Å². The third-order valence-electron chi connectivity index (χ3n) is 9.41. The SMILES string of the molecule is C[C@@H](O)[C@H]1C(=O)N2C(C(=O)O)=C(C#CCOc3ccc(CC[N+]45CC[N+](CC(N)=O)(CC4)CC5)cc3I)[C@H](C)[C@H]12. The maximum atomic E-state index is 12.5. The Balaban J connectivity index is 1.17. The van der Waals surface area contributed by atoms with Crippen LogP contribution in [0.25, 0.3) is 0 Å². The van der Waals surface area contributed by atoms with Crippen LogP contribution in [0.5, 0.6) is 5.75 Å². The molecule has 2 amide bonds. The van der Waals surface area contributed by atoms with E-state index >= 15 is 0 Å². The van der Waals surface area contributed by atoms with Gasteiger partial charge in [0.05, 0.1) is 28.2 Å². The summed E-state index contributed by atoms with van der Waals surface area (Å²) in [5, 5.41) is 19.7. The quantitative estimate of drug-likeness (QED) is 0.153. The van der Waals surface area contributed by atoms with Crippen molar-refractivity contribution >= 4 is 40.4 Å². The second-order valence-corrected chi connectivity index (χ2v) is 13.0. The molecule has 4 atom stereocenters. The molecule has 2 bridgehead atoms. The predicted octanol–water partition coefficient (Wildman–Crippen LogP) is 0.558. The van der Waals surface area contributed by atoms with Crippen molar-refractivity contribution in [3.05, 3.63) is 38.6 Å². The number of quaternary nitrogens is 2. The van der Waals surface area contributed by atoms with E-state index in [1.807, 2.05) is 13.0 Å². The van der Waals surface area contributed by atoms with Gasteiger partial charge in [-0.3, -0.25) is 9.59 Å². The molecule has 4 saturated heterocycles. The zero-order chi connectivity index (χ0) is 28.8. The summed E-state index contributed by atoms with van der Waals surface area (Å²) < 4.78 is 8.85. The topological polar surface area (TPSA) is 130 Å². The van der Waals surface area contributed by atoms with Gasteiger partial charge in [-0.15, -0.1) is 0 Å². The number of nitrogens with two attached hydrogens (primary N) is 1. The molecule has 5 aliphatic rings. The number of carbonyl (C=O) groups is 3. The average molecular weight is 665 g/mol. The first-order valence-electron chi connectivity index (χ1n) is 13.8. The number of piperazine rings is 3. The number of carboxylic acids is 1. The molecule has 4 N–H and O–H groups in total. The number of fused-ring (bicyclic) bond motifs is 4. The van der Waals surface area contributed by atoms with Crippen molar-refractivity contribution in [3.8, 4) is 17.6 Å². The van der Waals surface area contributed by atoms with E-state index in [1.165, 1.54) is 10.5 Å². The van der Waals surface area contributed by atoms with Gasteiger partial charge in [-0.25, -0.2) is 4.79 Å². The van der Waals surface area contributed by atoms with Crippen molar-refractivity contribution < 1.29 is 38.3 Å². The molecular formula is C29H37IN4O6+2. The van der Waals surface area contributed by atoms with E-state index in [0.29, 0.717) is 12.1 Å². The van der Waals surface area contributed by atoms with Gasteiger partial charge in [0.2, 0.25) is 5.91 Å². The van der Waals surface area contributed by atoms with Crippen LogP contribution < -0.4 is 10.5 Å². The lowest BCUT2D eigenvalue weighted by Gasteiger charge is -2.55. The monoisotopic (exact) mass is 664 g/mol. The van der Waals surface area contributed by atoms with Crippen molar-refractivity contribution in [2.75, 3.05) is 59.0 Å². The molecule has 0 aliphatic carbocycles. The van der Waals surface area contributed by atoms with Crippen molar-refractivity contribution in [2.45, 2.75) is 32.4 Å².